The predicted molar refractivity (Wildman–Crippen MR) is 141 cm³/mol. The van der Waals surface area contributed by atoms with Gasteiger partial charge >= 0.3 is 0 Å². The summed E-state index contributed by atoms with van der Waals surface area (Å²) in [6.45, 7) is 4.55. The molecule has 0 aliphatic heterocycles. The first-order chi connectivity index (χ1) is 15.1. The monoisotopic (exact) mass is 533 g/mol. The van der Waals surface area contributed by atoms with Crippen LogP contribution in [-0.2, 0) is 0 Å². The molecule has 3 heteroatoms. The smallest absolute Gasteiger partial charge is 0.0462 e. The molecule has 0 bridgehead atoms. The van der Waals surface area contributed by atoms with Crippen LogP contribution in [0.1, 0.15) is 31.7 Å². The zero-order chi connectivity index (χ0) is 21.8. The Morgan fingerprint density at radius 2 is 1.10 bits per heavy atom. The molecule has 0 aliphatic rings. The molecule has 4 rings (SSSR count). The van der Waals surface area contributed by atoms with Crippen molar-refractivity contribution in [2.45, 2.75) is 26.2 Å². The van der Waals surface area contributed by atoms with E-state index in [9.17, 15) is 0 Å². The maximum Gasteiger partial charge on any atom is 0.0462 e. The summed E-state index contributed by atoms with van der Waals surface area (Å²) in [5.41, 5.74) is 7.37. The topological polar surface area (TPSA) is 3.24 Å². The third kappa shape index (κ3) is 4.94. The first-order valence-corrected chi connectivity index (χ1v) is 12.2. The Hall–Kier alpha value is -2.36. The van der Waals surface area contributed by atoms with Crippen molar-refractivity contribution < 1.29 is 0 Å². The van der Waals surface area contributed by atoms with Gasteiger partial charge in [0.2, 0.25) is 0 Å². The second kappa shape index (κ2) is 9.84. The summed E-state index contributed by atoms with van der Waals surface area (Å²) in [5.74, 6) is 0.540. The number of nitrogens with zero attached hydrogens (tertiary/aromatic N) is 1. The van der Waals surface area contributed by atoms with Crippen molar-refractivity contribution in [3.05, 3.63) is 112 Å². The molecule has 0 radical (unpaired) electrons. The number of anilines is 3. The van der Waals surface area contributed by atoms with Gasteiger partial charge in [0.15, 0.2) is 0 Å². The summed E-state index contributed by atoms with van der Waals surface area (Å²) < 4.78 is 2.15. The highest BCUT2D eigenvalue weighted by molar-refractivity contribution is 9.10. The van der Waals surface area contributed by atoms with E-state index in [0.717, 1.165) is 32.4 Å². The van der Waals surface area contributed by atoms with Gasteiger partial charge in [0.05, 0.1) is 0 Å². The Morgan fingerprint density at radius 3 is 1.58 bits per heavy atom. The number of benzene rings is 4. The van der Waals surface area contributed by atoms with Crippen molar-refractivity contribution in [3.8, 4) is 11.1 Å². The lowest BCUT2D eigenvalue weighted by Crippen LogP contribution is -2.09. The van der Waals surface area contributed by atoms with Gasteiger partial charge in [-0.25, -0.2) is 0 Å². The molecule has 0 aliphatic carbocycles. The second-order valence-electron chi connectivity index (χ2n) is 7.73. The molecule has 0 heterocycles. The summed E-state index contributed by atoms with van der Waals surface area (Å²) in [5, 5.41) is 0. The van der Waals surface area contributed by atoms with Crippen molar-refractivity contribution in [2.24, 2.45) is 0 Å². The summed E-state index contributed by atoms with van der Waals surface area (Å²) in [4.78, 5) is 2.28. The highest BCUT2D eigenvalue weighted by Crippen LogP contribution is 2.37. The molecule has 0 aromatic heterocycles. The molecule has 0 saturated carbocycles. The minimum Gasteiger partial charge on any atom is -0.311 e. The Balaban J connectivity index is 1.76. The molecule has 0 N–H and O–H groups in total. The number of hydrogen-bond donors (Lipinski definition) is 0. The molecule has 156 valence electrons. The van der Waals surface area contributed by atoms with Crippen LogP contribution in [0.2, 0.25) is 0 Å². The molecule has 1 unspecified atom stereocenters. The van der Waals surface area contributed by atoms with E-state index in [1.54, 1.807) is 0 Å². The van der Waals surface area contributed by atoms with Gasteiger partial charge in [-0.15, -0.1) is 0 Å². The molecule has 31 heavy (non-hydrogen) atoms. The molecular weight excluding hydrogens is 510 g/mol. The fourth-order valence-electron chi connectivity index (χ4n) is 3.83. The van der Waals surface area contributed by atoms with E-state index in [0.29, 0.717) is 5.92 Å². The minimum absolute atomic E-state index is 0.540. The molecule has 0 saturated heterocycles. The number of hydrogen-bond acceptors (Lipinski definition) is 1. The van der Waals surface area contributed by atoms with Crippen LogP contribution in [0, 0.1) is 0 Å². The summed E-state index contributed by atoms with van der Waals surface area (Å²) >= 11 is 7.10. The molecule has 4 aromatic carbocycles. The maximum absolute atomic E-state index is 3.55. The van der Waals surface area contributed by atoms with E-state index in [4.69, 9.17) is 0 Å². The van der Waals surface area contributed by atoms with Crippen LogP contribution in [0.3, 0.4) is 0 Å². The molecule has 1 atom stereocenters. The van der Waals surface area contributed by atoms with Crippen LogP contribution in [0.5, 0.6) is 0 Å². The second-order valence-corrected chi connectivity index (χ2v) is 9.56. The van der Waals surface area contributed by atoms with Gasteiger partial charge in [-0.1, -0.05) is 82.1 Å². The van der Waals surface area contributed by atoms with Crippen LogP contribution in [0.4, 0.5) is 17.1 Å². The van der Waals surface area contributed by atoms with E-state index >= 15 is 0 Å². The van der Waals surface area contributed by atoms with Crippen molar-refractivity contribution in [3.63, 3.8) is 0 Å². The third-order valence-electron chi connectivity index (χ3n) is 5.71. The zero-order valence-electron chi connectivity index (χ0n) is 17.7. The normalized spacial score (nSPS) is 11.9. The number of halogens is 2. The van der Waals surface area contributed by atoms with Crippen LogP contribution < -0.4 is 4.90 Å². The van der Waals surface area contributed by atoms with Crippen molar-refractivity contribution in [2.75, 3.05) is 4.90 Å². The van der Waals surface area contributed by atoms with Gasteiger partial charge in [0, 0.05) is 26.0 Å². The lowest BCUT2D eigenvalue weighted by molar-refractivity contribution is 0.735. The van der Waals surface area contributed by atoms with E-state index in [-0.39, 0.29) is 0 Å². The summed E-state index contributed by atoms with van der Waals surface area (Å²) in [6, 6.07) is 34.5. The fraction of sp³-hybridized carbons (Fsp3) is 0.143. The zero-order valence-corrected chi connectivity index (χ0v) is 20.9. The van der Waals surface area contributed by atoms with E-state index < -0.39 is 0 Å². The molecule has 1 nitrogen and oxygen atoms in total. The highest BCUT2D eigenvalue weighted by atomic mass is 79.9. The quantitative estimate of drug-likeness (QED) is 0.238. The molecular formula is C28H25Br2N. The van der Waals surface area contributed by atoms with Crippen molar-refractivity contribution in [1.82, 2.24) is 0 Å². The molecule has 0 spiro atoms. The average molecular weight is 535 g/mol. The first-order valence-electron chi connectivity index (χ1n) is 10.6. The van der Waals surface area contributed by atoms with Crippen LogP contribution in [0.25, 0.3) is 11.1 Å². The van der Waals surface area contributed by atoms with E-state index in [1.165, 1.54) is 16.7 Å². The van der Waals surface area contributed by atoms with Crippen LogP contribution in [0.15, 0.2) is 106 Å². The van der Waals surface area contributed by atoms with E-state index in [1.807, 2.05) is 0 Å². The Bertz CT molecular complexity index is 1090. The van der Waals surface area contributed by atoms with E-state index in [2.05, 4.69) is 148 Å². The van der Waals surface area contributed by atoms with Gasteiger partial charge < -0.3 is 4.90 Å². The molecule has 0 fully saturated rings. The fourth-order valence-corrected chi connectivity index (χ4v) is 4.36. The van der Waals surface area contributed by atoms with Gasteiger partial charge in [-0.3, -0.25) is 0 Å². The predicted octanol–water partition coefficient (Wildman–Crippen LogP) is 9.86. The Labute approximate surface area is 202 Å². The summed E-state index contributed by atoms with van der Waals surface area (Å²) in [6.07, 6.45) is 1.13. The first kappa shape index (κ1) is 21.9. The standard InChI is InChI=1S/C28H25Br2N/c1-3-20(2)27-6-4-5-7-28(27)21-8-14-24(15-9-21)31(25-16-10-22(29)11-17-25)26-18-12-23(30)13-19-26/h4-20H,3H2,1-2H3. The maximum atomic E-state index is 3.55. The van der Waals surface area contributed by atoms with Gasteiger partial charge in [-0.05, 0) is 89.7 Å². The third-order valence-corrected chi connectivity index (χ3v) is 6.77. The molecule has 4 aromatic rings. The largest absolute Gasteiger partial charge is 0.311 e. The SMILES string of the molecule is CCC(C)c1ccccc1-c1ccc(N(c2ccc(Br)cc2)c2ccc(Br)cc2)cc1. The Morgan fingerprint density at radius 1 is 0.645 bits per heavy atom. The lowest BCUT2D eigenvalue weighted by Gasteiger charge is -2.26. The highest BCUT2D eigenvalue weighted by Gasteiger charge is 2.14. The van der Waals surface area contributed by atoms with Crippen LogP contribution in [-0.4, -0.2) is 0 Å². The van der Waals surface area contributed by atoms with Crippen molar-refractivity contribution in [1.29, 1.82) is 0 Å². The number of rotatable bonds is 6. The summed E-state index contributed by atoms with van der Waals surface area (Å²) in [7, 11) is 0. The van der Waals surface area contributed by atoms with Gasteiger partial charge in [0.25, 0.3) is 0 Å². The lowest BCUT2D eigenvalue weighted by atomic mass is 9.90. The van der Waals surface area contributed by atoms with Gasteiger partial charge in [-0.2, -0.15) is 0 Å². The van der Waals surface area contributed by atoms with Gasteiger partial charge in [0.1, 0.15) is 0 Å². The van der Waals surface area contributed by atoms with Crippen LogP contribution >= 0.6 is 31.9 Å². The Kier molecular flexibility index (Phi) is 6.94. The van der Waals surface area contributed by atoms with Crippen molar-refractivity contribution >= 4 is 48.9 Å². The minimum atomic E-state index is 0.540. The molecule has 0 amide bonds. The average Bonchev–Trinajstić information content (AvgIpc) is 2.81.